The van der Waals surface area contributed by atoms with E-state index in [1.807, 2.05) is 36.8 Å². The molecule has 0 aliphatic heterocycles. The molecule has 0 aliphatic carbocycles. The largest absolute Gasteiger partial charge is 0.261 e. The summed E-state index contributed by atoms with van der Waals surface area (Å²) in [6, 6.07) is 54.3. The molecule has 0 amide bonds. The molecule has 0 N–H and O–H groups in total. The Morgan fingerprint density at radius 3 is 1.12 bits per heavy atom. The normalized spacial score (nSPS) is 10.5. The summed E-state index contributed by atoms with van der Waals surface area (Å²) in [5.41, 5.74) is 21.9. The smallest absolute Gasteiger partial charge is 0.213 e. The topological polar surface area (TPSA) is 119 Å². The highest BCUT2D eigenvalue weighted by Gasteiger charge is 2.18. The van der Waals surface area contributed by atoms with Gasteiger partial charge in [-0.3, -0.25) is 9.97 Å². The highest BCUT2D eigenvalue weighted by Crippen LogP contribution is 2.28. The molecule has 0 saturated heterocycles. The lowest BCUT2D eigenvalue weighted by atomic mass is 10.0. The number of hydrogen-bond donors (Lipinski definition) is 0. The van der Waals surface area contributed by atoms with Crippen LogP contribution in [0, 0.1) is 27.7 Å². The van der Waals surface area contributed by atoms with Crippen molar-refractivity contribution < 1.29 is 18.3 Å². The maximum atomic E-state index is 4.36. The summed E-state index contributed by atoms with van der Waals surface area (Å²) >= 11 is 0. The van der Waals surface area contributed by atoms with Crippen molar-refractivity contribution in [3.63, 3.8) is 0 Å². The van der Waals surface area contributed by atoms with Crippen molar-refractivity contribution in [2.75, 3.05) is 0 Å². The zero-order chi connectivity index (χ0) is 55.8. The average Bonchev–Trinajstić information content (AvgIpc) is 3.52. The fourth-order valence-electron chi connectivity index (χ4n) is 9.23. The van der Waals surface area contributed by atoms with Gasteiger partial charge in [-0.25, -0.2) is 48.2 Å². The SMILES string of the molecule is Cc1ccccc1-c1cc(-c2ccncn2)cc[n+]1C.Cc1ccccc1-c1cc(-c2cnccn2)cc[n+]1C.Cc1ccccc1-c1cc(-c2cncnc2)cc[n+]1C.Cc1ccccc1-c1cc(-c2ncccn2)cc[n+]1C. The number of aromatic nitrogens is 12. The van der Waals surface area contributed by atoms with E-state index < -0.39 is 0 Å². The van der Waals surface area contributed by atoms with Crippen LogP contribution in [-0.4, -0.2) is 39.9 Å². The fraction of sp³-hybridized carbons (Fsp3) is 0.118. The Morgan fingerprint density at radius 1 is 0.287 bits per heavy atom. The molecule has 0 fully saturated rings. The van der Waals surface area contributed by atoms with Crippen LogP contribution in [0.25, 0.3) is 90.1 Å². The summed E-state index contributed by atoms with van der Waals surface area (Å²) in [7, 11) is 8.23. The predicted octanol–water partition coefficient (Wildman–Crippen LogP) is 11.8. The monoisotopic (exact) mass is 1050 g/mol. The van der Waals surface area contributed by atoms with Gasteiger partial charge in [0.25, 0.3) is 0 Å². The van der Waals surface area contributed by atoms with Gasteiger partial charge in [0, 0.05) is 136 Å². The molecular weight excluding hydrogens is 985 g/mol. The first kappa shape index (κ1) is 54.6. The maximum Gasteiger partial charge on any atom is 0.213 e. The van der Waals surface area contributed by atoms with E-state index >= 15 is 0 Å². The summed E-state index contributed by atoms with van der Waals surface area (Å²) in [6.07, 6.45) is 25.6. The second kappa shape index (κ2) is 26.2. The summed E-state index contributed by atoms with van der Waals surface area (Å²) in [6.45, 7) is 8.52. The van der Waals surface area contributed by atoms with Gasteiger partial charge in [-0.2, -0.15) is 0 Å². The summed E-state index contributed by atoms with van der Waals surface area (Å²) < 4.78 is 8.51. The minimum atomic E-state index is 0.753. The first-order valence-electron chi connectivity index (χ1n) is 26.3. The molecular formula is C68H64N12+4. The van der Waals surface area contributed by atoms with E-state index in [2.05, 4.69) is 272 Å². The number of rotatable bonds is 8. The Kier molecular flexibility index (Phi) is 17.9. The Labute approximate surface area is 468 Å². The molecule has 4 aromatic carbocycles. The van der Waals surface area contributed by atoms with Gasteiger partial charge < -0.3 is 0 Å². The van der Waals surface area contributed by atoms with Gasteiger partial charge in [-0.15, -0.1) is 0 Å². The number of pyridine rings is 4. The van der Waals surface area contributed by atoms with Gasteiger partial charge in [0.15, 0.2) is 30.6 Å². The molecule has 8 heterocycles. The molecule has 12 rings (SSSR count). The predicted molar refractivity (Wildman–Crippen MR) is 315 cm³/mol. The van der Waals surface area contributed by atoms with Crippen molar-refractivity contribution >= 4 is 0 Å². The highest BCUT2D eigenvalue weighted by atomic mass is 14.9. The van der Waals surface area contributed by atoms with E-state index in [1.165, 1.54) is 61.6 Å². The third-order valence-electron chi connectivity index (χ3n) is 13.7. The Hall–Kier alpha value is -10.2. The second-order valence-corrected chi connectivity index (χ2v) is 19.3. The zero-order valence-electron chi connectivity index (χ0n) is 46.5. The van der Waals surface area contributed by atoms with E-state index in [0.717, 1.165) is 50.7 Å². The number of benzene rings is 4. The lowest BCUT2D eigenvalue weighted by Crippen LogP contribution is -2.30. The van der Waals surface area contributed by atoms with Crippen LogP contribution in [0.2, 0.25) is 0 Å². The molecule has 0 atom stereocenters. The van der Waals surface area contributed by atoms with Gasteiger partial charge in [-0.1, -0.05) is 72.8 Å². The fourth-order valence-corrected chi connectivity index (χ4v) is 9.23. The average molecular weight is 1050 g/mol. The maximum absolute atomic E-state index is 4.36. The van der Waals surface area contributed by atoms with E-state index in [-0.39, 0.29) is 0 Å². The summed E-state index contributed by atoms with van der Waals surface area (Å²) in [4.78, 5) is 33.6. The van der Waals surface area contributed by atoms with E-state index in [0.29, 0.717) is 0 Å². The molecule has 12 aromatic rings. The first-order valence-corrected chi connectivity index (χ1v) is 26.3. The third kappa shape index (κ3) is 13.5. The van der Waals surface area contributed by atoms with Gasteiger partial charge >= 0.3 is 0 Å². The molecule has 8 aromatic heterocycles. The Morgan fingerprint density at radius 2 is 0.700 bits per heavy atom. The standard InChI is InChI=1S/4C17H16N3/c1-13-6-3-4-7-15(13)16-12-14(8-11-20(16)2)17-18-9-5-10-19-17;1-13-5-3-4-6-15(13)17-11-14(7-10-20(17)2)16-12-18-8-9-19-16;1-13-5-3-4-6-15(13)17-11-14(8-10-20(17)2)16-7-9-18-12-19-16;1-13-5-3-4-6-16(13)17-9-14(7-8-20(17)2)15-10-18-12-19-11-15/h4*3-12H,1-2H3/q4*+1. The van der Waals surface area contributed by atoms with E-state index in [9.17, 15) is 0 Å². The number of aryl methyl sites for hydroxylation is 8. The van der Waals surface area contributed by atoms with Crippen LogP contribution in [0.5, 0.6) is 0 Å². The molecule has 80 heavy (non-hydrogen) atoms. The number of hydrogen-bond acceptors (Lipinski definition) is 8. The summed E-state index contributed by atoms with van der Waals surface area (Å²) in [5.74, 6) is 0.753. The molecule has 0 spiro atoms. The molecule has 12 nitrogen and oxygen atoms in total. The molecule has 0 aliphatic rings. The van der Waals surface area contributed by atoms with Crippen LogP contribution in [-0.2, 0) is 28.2 Å². The second-order valence-electron chi connectivity index (χ2n) is 19.3. The quantitative estimate of drug-likeness (QED) is 0.138. The number of nitrogens with zero attached hydrogens (tertiary/aromatic N) is 12. The van der Waals surface area contributed by atoms with Gasteiger partial charge in [0.05, 0.1) is 17.6 Å². The lowest BCUT2D eigenvalue weighted by molar-refractivity contribution is -0.660. The molecule has 0 unspecified atom stereocenters. The van der Waals surface area contributed by atoms with Crippen molar-refractivity contribution in [2.24, 2.45) is 28.2 Å². The van der Waals surface area contributed by atoms with Crippen LogP contribution >= 0.6 is 0 Å². The van der Waals surface area contributed by atoms with Crippen LogP contribution < -0.4 is 18.3 Å². The molecule has 0 saturated carbocycles. The van der Waals surface area contributed by atoms with Crippen LogP contribution in [0.15, 0.2) is 245 Å². The van der Waals surface area contributed by atoms with E-state index in [4.69, 9.17) is 0 Å². The molecule has 12 heteroatoms. The van der Waals surface area contributed by atoms with Gasteiger partial charge in [0.2, 0.25) is 22.8 Å². The van der Waals surface area contributed by atoms with Crippen molar-refractivity contribution in [2.45, 2.75) is 27.7 Å². The van der Waals surface area contributed by atoms with Crippen LogP contribution in [0.3, 0.4) is 0 Å². The van der Waals surface area contributed by atoms with Crippen LogP contribution in [0.4, 0.5) is 0 Å². The van der Waals surface area contributed by atoms with Crippen molar-refractivity contribution in [1.29, 1.82) is 0 Å². The minimum absolute atomic E-state index is 0.753. The molecule has 0 bridgehead atoms. The van der Waals surface area contributed by atoms with Gasteiger partial charge in [0.1, 0.15) is 40.8 Å². The Bertz CT molecular complexity index is 3470. The zero-order valence-corrected chi connectivity index (χ0v) is 46.5. The van der Waals surface area contributed by atoms with Gasteiger partial charge in [-0.05, 0) is 91.9 Å². The van der Waals surface area contributed by atoms with Crippen molar-refractivity contribution in [3.05, 3.63) is 267 Å². The van der Waals surface area contributed by atoms with Crippen LogP contribution in [0.1, 0.15) is 22.3 Å². The Balaban J connectivity index is 0.000000129. The highest BCUT2D eigenvalue weighted by molar-refractivity contribution is 5.71. The van der Waals surface area contributed by atoms with Crippen molar-refractivity contribution in [1.82, 2.24) is 39.9 Å². The van der Waals surface area contributed by atoms with E-state index in [1.54, 1.807) is 49.8 Å². The van der Waals surface area contributed by atoms with Crippen molar-refractivity contribution in [3.8, 4) is 90.1 Å². The minimum Gasteiger partial charge on any atom is -0.261 e. The lowest BCUT2D eigenvalue weighted by Gasteiger charge is -2.06. The molecule has 0 radical (unpaired) electrons. The summed E-state index contributed by atoms with van der Waals surface area (Å²) in [5, 5.41) is 0. The first-order chi connectivity index (χ1) is 39.0. The third-order valence-corrected chi connectivity index (χ3v) is 13.7. The molecule has 392 valence electrons.